The van der Waals surface area contributed by atoms with Crippen molar-refractivity contribution < 1.29 is 9.90 Å². The van der Waals surface area contributed by atoms with Gasteiger partial charge in [-0.05, 0) is 25.0 Å². The SMILES string of the molecule is CCC(CC)C(O)CNC(=O)c1nn(-c2ccccc2)c(C)cc1=O. The zero-order valence-electron chi connectivity index (χ0n) is 14.9. The number of hydrogen-bond donors (Lipinski definition) is 2. The predicted octanol–water partition coefficient (Wildman–Crippen LogP) is 2.07. The Morgan fingerprint density at radius 2 is 1.88 bits per heavy atom. The number of para-hydroxylation sites is 1. The molecule has 25 heavy (non-hydrogen) atoms. The van der Waals surface area contributed by atoms with E-state index < -0.39 is 17.4 Å². The zero-order valence-corrected chi connectivity index (χ0v) is 14.9. The van der Waals surface area contributed by atoms with E-state index in [0.717, 1.165) is 18.5 Å². The summed E-state index contributed by atoms with van der Waals surface area (Å²) < 4.78 is 1.56. The van der Waals surface area contributed by atoms with Crippen LogP contribution in [0, 0.1) is 12.8 Å². The summed E-state index contributed by atoms with van der Waals surface area (Å²) in [7, 11) is 0. The number of hydrogen-bond acceptors (Lipinski definition) is 4. The van der Waals surface area contributed by atoms with Crippen LogP contribution in [0.3, 0.4) is 0 Å². The average molecular weight is 343 g/mol. The van der Waals surface area contributed by atoms with Gasteiger partial charge in [0.2, 0.25) is 5.43 Å². The van der Waals surface area contributed by atoms with Gasteiger partial charge < -0.3 is 10.4 Å². The van der Waals surface area contributed by atoms with E-state index >= 15 is 0 Å². The lowest BCUT2D eigenvalue weighted by molar-refractivity contribution is 0.0811. The van der Waals surface area contributed by atoms with Gasteiger partial charge in [0.25, 0.3) is 5.91 Å². The maximum Gasteiger partial charge on any atom is 0.275 e. The number of carbonyl (C=O) groups excluding carboxylic acids is 1. The Hall–Kier alpha value is -2.47. The Kier molecular flexibility index (Phi) is 6.47. The molecule has 0 aliphatic rings. The van der Waals surface area contributed by atoms with Crippen LogP contribution in [0.5, 0.6) is 0 Å². The molecule has 1 unspecified atom stereocenters. The summed E-state index contributed by atoms with van der Waals surface area (Å²) in [5.41, 5.74) is 0.807. The number of aliphatic hydroxyl groups excluding tert-OH is 1. The van der Waals surface area contributed by atoms with Crippen molar-refractivity contribution in [3.05, 3.63) is 58.0 Å². The number of nitrogens with zero attached hydrogens (tertiary/aromatic N) is 2. The molecule has 0 saturated heterocycles. The lowest BCUT2D eigenvalue weighted by Gasteiger charge is -2.20. The van der Waals surface area contributed by atoms with Crippen molar-refractivity contribution in [1.82, 2.24) is 15.1 Å². The molecule has 0 aliphatic heterocycles. The first-order chi connectivity index (χ1) is 12.0. The maximum absolute atomic E-state index is 12.4. The first-order valence-corrected chi connectivity index (χ1v) is 8.60. The summed E-state index contributed by atoms with van der Waals surface area (Å²) in [6, 6.07) is 10.7. The third-order valence-electron chi connectivity index (χ3n) is 4.39. The minimum Gasteiger partial charge on any atom is -0.391 e. The fraction of sp³-hybridized carbons (Fsp3) is 0.421. The van der Waals surface area contributed by atoms with E-state index in [1.165, 1.54) is 6.07 Å². The molecule has 6 nitrogen and oxygen atoms in total. The van der Waals surface area contributed by atoms with Gasteiger partial charge >= 0.3 is 0 Å². The molecule has 0 aliphatic carbocycles. The van der Waals surface area contributed by atoms with Gasteiger partial charge in [-0.25, -0.2) is 4.68 Å². The molecule has 1 aromatic heterocycles. The molecular weight excluding hydrogens is 318 g/mol. The molecule has 1 aromatic carbocycles. The fourth-order valence-corrected chi connectivity index (χ4v) is 2.82. The number of aliphatic hydroxyl groups is 1. The monoisotopic (exact) mass is 343 g/mol. The van der Waals surface area contributed by atoms with Crippen molar-refractivity contribution in [2.45, 2.75) is 39.7 Å². The van der Waals surface area contributed by atoms with E-state index in [-0.39, 0.29) is 18.2 Å². The van der Waals surface area contributed by atoms with Gasteiger partial charge in [0.15, 0.2) is 5.69 Å². The Morgan fingerprint density at radius 3 is 2.48 bits per heavy atom. The molecule has 1 heterocycles. The van der Waals surface area contributed by atoms with Crippen LogP contribution in [0.4, 0.5) is 0 Å². The maximum atomic E-state index is 12.4. The summed E-state index contributed by atoms with van der Waals surface area (Å²) >= 11 is 0. The van der Waals surface area contributed by atoms with Crippen molar-refractivity contribution in [3.63, 3.8) is 0 Å². The number of aryl methyl sites for hydroxylation is 1. The minimum absolute atomic E-state index is 0.103. The number of carbonyl (C=O) groups is 1. The summed E-state index contributed by atoms with van der Waals surface area (Å²) in [6.45, 7) is 5.87. The highest BCUT2D eigenvalue weighted by molar-refractivity contribution is 5.92. The standard InChI is InChI=1S/C19H25N3O3/c1-4-14(5-2)17(24)12-20-19(25)18-16(23)11-13(3)22(21-18)15-9-7-6-8-10-15/h6-11,14,17,24H,4-5,12H2,1-3H3,(H,20,25). The molecule has 134 valence electrons. The quantitative estimate of drug-likeness (QED) is 0.806. The van der Waals surface area contributed by atoms with Gasteiger partial charge in [-0.15, -0.1) is 0 Å². The molecule has 2 N–H and O–H groups in total. The molecular formula is C19H25N3O3. The van der Waals surface area contributed by atoms with E-state index in [1.807, 2.05) is 44.2 Å². The number of rotatable bonds is 7. The smallest absolute Gasteiger partial charge is 0.275 e. The second-order valence-corrected chi connectivity index (χ2v) is 6.10. The van der Waals surface area contributed by atoms with Crippen molar-refractivity contribution in [1.29, 1.82) is 0 Å². The van der Waals surface area contributed by atoms with Crippen LogP contribution in [-0.2, 0) is 0 Å². The largest absolute Gasteiger partial charge is 0.391 e. The van der Waals surface area contributed by atoms with Gasteiger partial charge in [-0.3, -0.25) is 9.59 Å². The Balaban J connectivity index is 2.21. The first-order valence-electron chi connectivity index (χ1n) is 8.60. The van der Waals surface area contributed by atoms with E-state index in [2.05, 4.69) is 10.4 Å². The van der Waals surface area contributed by atoms with Gasteiger partial charge in [0.05, 0.1) is 11.8 Å². The van der Waals surface area contributed by atoms with Crippen LogP contribution in [-0.4, -0.2) is 33.4 Å². The van der Waals surface area contributed by atoms with Gasteiger partial charge in [0.1, 0.15) is 0 Å². The molecule has 0 bridgehead atoms. The molecule has 2 rings (SSSR count). The third-order valence-corrected chi connectivity index (χ3v) is 4.39. The zero-order chi connectivity index (χ0) is 18.4. The highest BCUT2D eigenvalue weighted by Crippen LogP contribution is 2.12. The van der Waals surface area contributed by atoms with Crippen LogP contribution in [0.25, 0.3) is 5.69 Å². The number of aromatic nitrogens is 2. The second-order valence-electron chi connectivity index (χ2n) is 6.10. The Labute approximate surface area is 147 Å². The highest BCUT2D eigenvalue weighted by Gasteiger charge is 2.19. The molecule has 6 heteroatoms. The molecule has 1 amide bonds. The fourth-order valence-electron chi connectivity index (χ4n) is 2.82. The first kappa shape index (κ1) is 18.9. The van der Waals surface area contributed by atoms with E-state index in [1.54, 1.807) is 11.6 Å². The summed E-state index contributed by atoms with van der Waals surface area (Å²) in [6.07, 6.45) is 1.02. The minimum atomic E-state index is -0.638. The van der Waals surface area contributed by atoms with E-state index in [4.69, 9.17) is 0 Å². The van der Waals surface area contributed by atoms with Crippen molar-refractivity contribution >= 4 is 5.91 Å². The van der Waals surface area contributed by atoms with Crippen LogP contribution < -0.4 is 10.7 Å². The predicted molar refractivity (Wildman–Crippen MR) is 97.0 cm³/mol. The molecule has 2 aromatic rings. The number of nitrogens with one attached hydrogen (secondary N) is 1. The van der Waals surface area contributed by atoms with Crippen LogP contribution in [0.15, 0.2) is 41.2 Å². The number of benzene rings is 1. The second kappa shape index (κ2) is 8.58. The van der Waals surface area contributed by atoms with Crippen molar-refractivity contribution in [3.8, 4) is 5.69 Å². The van der Waals surface area contributed by atoms with E-state index in [9.17, 15) is 14.7 Å². The Bertz CT molecular complexity index is 767. The Morgan fingerprint density at radius 1 is 1.24 bits per heavy atom. The van der Waals surface area contributed by atoms with Crippen molar-refractivity contribution in [2.24, 2.45) is 5.92 Å². The molecule has 0 saturated carbocycles. The van der Waals surface area contributed by atoms with Crippen LogP contribution in [0.1, 0.15) is 42.9 Å². The van der Waals surface area contributed by atoms with Crippen LogP contribution >= 0.6 is 0 Å². The van der Waals surface area contributed by atoms with Gasteiger partial charge in [-0.2, -0.15) is 5.10 Å². The lowest BCUT2D eigenvalue weighted by Crippen LogP contribution is -2.39. The lowest BCUT2D eigenvalue weighted by atomic mass is 9.96. The molecule has 0 spiro atoms. The van der Waals surface area contributed by atoms with E-state index in [0.29, 0.717) is 5.69 Å². The third kappa shape index (κ3) is 4.54. The summed E-state index contributed by atoms with van der Waals surface area (Å²) in [5, 5.41) is 17.0. The summed E-state index contributed by atoms with van der Waals surface area (Å²) in [4.78, 5) is 24.5. The van der Waals surface area contributed by atoms with Crippen molar-refractivity contribution in [2.75, 3.05) is 6.54 Å². The van der Waals surface area contributed by atoms with Gasteiger partial charge in [-0.1, -0.05) is 44.9 Å². The number of amides is 1. The summed E-state index contributed by atoms with van der Waals surface area (Å²) in [5.74, 6) is -0.452. The normalized spacial score (nSPS) is 12.2. The van der Waals surface area contributed by atoms with Gasteiger partial charge in [0, 0.05) is 18.3 Å². The molecule has 0 fully saturated rings. The topological polar surface area (TPSA) is 84.2 Å². The molecule has 1 atom stereocenters. The van der Waals surface area contributed by atoms with Crippen LogP contribution in [0.2, 0.25) is 0 Å². The molecule has 0 radical (unpaired) electrons. The average Bonchev–Trinajstić information content (AvgIpc) is 2.61. The highest BCUT2D eigenvalue weighted by atomic mass is 16.3.